The molecule has 1 unspecified atom stereocenters. The van der Waals surface area contributed by atoms with E-state index in [1.165, 1.54) is 31.2 Å². The molecule has 0 amide bonds. The van der Waals surface area contributed by atoms with E-state index in [-0.39, 0.29) is 6.10 Å². The quantitative estimate of drug-likeness (QED) is 0.856. The molecular weight excluding hydrogens is 262 g/mol. The normalized spacial score (nSPS) is 24.0. The molecule has 1 aliphatic rings. The number of rotatable bonds is 6. The minimum Gasteiger partial charge on any atom is -0.491 e. The molecule has 1 aromatic carbocycles. The van der Waals surface area contributed by atoms with Gasteiger partial charge in [0.2, 0.25) is 0 Å². The van der Waals surface area contributed by atoms with Crippen molar-refractivity contribution in [2.45, 2.75) is 70.7 Å². The van der Waals surface area contributed by atoms with E-state index in [9.17, 15) is 0 Å². The van der Waals surface area contributed by atoms with Crippen molar-refractivity contribution in [3.8, 4) is 5.75 Å². The van der Waals surface area contributed by atoms with Crippen molar-refractivity contribution in [3.63, 3.8) is 0 Å². The number of hydrogen-bond acceptors (Lipinski definition) is 3. The van der Waals surface area contributed by atoms with Crippen molar-refractivity contribution in [2.24, 2.45) is 0 Å². The standard InChI is InChI=1S/C18H29NO2/c1-13(2)21-18-9-5-15(6-10-18)14(3)19-16-7-11-17(20-4)12-8-16/h5-6,9-10,13-14,16-17,19H,7-8,11-12H2,1-4H3. The van der Waals surface area contributed by atoms with Crippen molar-refractivity contribution >= 4 is 0 Å². The van der Waals surface area contributed by atoms with Gasteiger partial charge in [0, 0.05) is 19.2 Å². The molecule has 1 atom stereocenters. The molecule has 0 heterocycles. The maximum Gasteiger partial charge on any atom is 0.119 e. The summed E-state index contributed by atoms with van der Waals surface area (Å²) in [5.74, 6) is 0.946. The van der Waals surface area contributed by atoms with Gasteiger partial charge in [0.05, 0.1) is 12.2 Å². The van der Waals surface area contributed by atoms with Crippen LogP contribution in [0.1, 0.15) is 58.1 Å². The van der Waals surface area contributed by atoms with Gasteiger partial charge in [-0.2, -0.15) is 0 Å². The van der Waals surface area contributed by atoms with Crippen molar-refractivity contribution < 1.29 is 9.47 Å². The van der Waals surface area contributed by atoms with Crippen LogP contribution < -0.4 is 10.1 Å². The lowest BCUT2D eigenvalue weighted by Crippen LogP contribution is -2.36. The highest BCUT2D eigenvalue weighted by Crippen LogP contribution is 2.24. The molecule has 1 fully saturated rings. The lowest BCUT2D eigenvalue weighted by Gasteiger charge is -2.30. The van der Waals surface area contributed by atoms with E-state index in [2.05, 4.69) is 50.4 Å². The zero-order chi connectivity index (χ0) is 15.2. The van der Waals surface area contributed by atoms with Gasteiger partial charge >= 0.3 is 0 Å². The van der Waals surface area contributed by atoms with Crippen molar-refractivity contribution in [3.05, 3.63) is 29.8 Å². The fraction of sp³-hybridized carbons (Fsp3) is 0.667. The third kappa shape index (κ3) is 5.01. The largest absolute Gasteiger partial charge is 0.491 e. The van der Waals surface area contributed by atoms with Crippen LogP contribution in [-0.2, 0) is 4.74 Å². The summed E-state index contributed by atoms with van der Waals surface area (Å²) >= 11 is 0. The Hall–Kier alpha value is -1.06. The molecule has 1 N–H and O–H groups in total. The Labute approximate surface area is 129 Å². The number of hydrogen-bond donors (Lipinski definition) is 1. The van der Waals surface area contributed by atoms with Crippen LogP contribution in [0, 0.1) is 0 Å². The lowest BCUT2D eigenvalue weighted by molar-refractivity contribution is 0.0614. The van der Waals surface area contributed by atoms with Crippen LogP contribution in [0.5, 0.6) is 5.75 Å². The SMILES string of the molecule is COC1CCC(NC(C)c2ccc(OC(C)C)cc2)CC1. The van der Waals surface area contributed by atoms with Crippen LogP contribution in [0.25, 0.3) is 0 Å². The van der Waals surface area contributed by atoms with Crippen LogP contribution in [-0.4, -0.2) is 25.4 Å². The first-order valence-corrected chi connectivity index (χ1v) is 8.14. The highest BCUT2D eigenvalue weighted by atomic mass is 16.5. The van der Waals surface area contributed by atoms with E-state index in [0.29, 0.717) is 18.2 Å². The Morgan fingerprint density at radius 2 is 1.62 bits per heavy atom. The number of methoxy groups -OCH3 is 1. The second-order valence-electron chi connectivity index (χ2n) is 6.33. The highest BCUT2D eigenvalue weighted by molar-refractivity contribution is 5.29. The number of nitrogens with one attached hydrogen (secondary N) is 1. The summed E-state index contributed by atoms with van der Waals surface area (Å²) in [6.45, 7) is 6.34. The molecule has 0 aliphatic heterocycles. The summed E-state index contributed by atoms with van der Waals surface area (Å²) in [6, 6.07) is 9.44. The molecule has 1 aliphatic carbocycles. The van der Waals surface area contributed by atoms with Gasteiger partial charge in [-0.05, 0) is 64.2 Å². The molecular formula is C18H29NO2. The Kier molecular flexibility index (Phi) is 6.07. The third-order valence-electron chi connectivity index (χ3n) is 4.25. The van der Waals surface area contributed by atoms with Gasteiger partial charge in [-0.15, -0.1) is 0 Å². The van der Waals surface area contributed by atoms with E-state index in [1.807, 2.05) is 7.11 Å². The minimum atomic E-state index is 0.224. The average molecular weight is 291 g/mol. The molecule has 0 radical (unpaired) electrons. The van der Waals surface area contributed by atoms with E-state index < -0.39 is 0 Å². The van der Waals surface area contributed by atoms with E-state index in [4.69, 9.17) is 9.47 Å². The fourth-order valence-electron chi connectivity index (χ4n) is 3.02. The molecule has 0 spiro atoms. The summed E-state index contributed by atoms with van der Waals surface area (Å²) in [5.41, 5.74) is 1.32. The van der Waals surface area contributed by atoms with Gasteiger partial charge < -0.3 is 14.8 Å². The highest BCUT2D eigenvalue weighted by Gasteiger charge is 2.22. The van der Waals surface area contributed by atoms with E-state index >= 15 is 0 Å². The second-order valence-corrected chi connectivity index (χ2v) is 6.33. The predicted molar refractivity (Wildman–Crippen MR) is 86.8 cm³/mol. The van der Waals surface area contributed by atoms with Gasteiger partial charge in [-0.3, -0.25) is 0 Å². The average Bonchev–Trinajstić information content (AvgIpc) is 2.48. The van der Waals surface area contributed by atoms with Crippen molar-refractivity contribution in [2.75, 3.05) is 7.11 Å². The molecule has 2 rings (SSSR count). The van der Waals surface area contributed by atoms with Crippen LogP contribution in [0.4, 0.5) is 0 Å². The minimum absolute atomic E-state index is 0.224. The molecule has 0 aromatic heterocycles. The van der Waals surface area contributed by atoms with E-state index in [0.717, 1.165) is 5.75 Å². The zero-order valence-electron chi connectivity index (χ0n) is 13.8. The Morgan fingerprint density at radius 1 is 1.00 bits per heavy atom. The zero-order valence-corrected chi connectivity index (χ0v) is 13.8. The number of ether oxygens (including phenoxy) is 2. The Bertz CT molecular complexity index is 408. The summed E-state index contributed by atoms with van der Waals surface area (Å²) in [5, 5.41) is 3.74. The van der Waals surface area contributed by atoms with Crippen LogP contribution in [0.3, 0.4) is 0 Å². The molecule has 0 saturated heterocycles. The first-order valence-electron chi connectivity index (χ1n) is 8.14. The molecule has 0 bridgehead atoms. The van der Waals surface area contributed by atoms with Crippen LogP contribution >= 0.6 is 0 Å². The molecule has 1 aromatic rings. The topological polar surface area (TPSA) is 30.5 Å². The Morgan fingerprint density at radius 3 is 2.14 bits per heavy atom. The monoisotopic (exact) mass is 291 g/mol. The van der Waals surface area contributed by atoms with Gasteiger partial charge in [0.1, 0.15) is 5.75 Å². The molecule has 118 valence electrons. The van der Waals surface area contributed by atoms with Gasteiger partial charge in [-0.25, -0.2) is 0 Å². The third-order valence-corrected chi connectivity index (χ3v) is 4.25. The molecule has 21 heavy (non-hydrogen) atoms. The summed E-state index contributed by atoms with van der Waals surface area (Å²) < 4.78 is 11.1. The molecule has 3 nitrogen and oxygen atoms in total. The summed E-state index contributed by atoms with van der Waals surface area (Å²) in [4.78, 5) is 0. The smallest absolute Gasteiger partial charge is 0.119 e. The molecule has 1 saturated carbocycles. The maximum atomic E-state index is 5.69. The van der Waals surface area contributed by atoms with Crippen LogP contribution in [0.15, 0.2) is 24.3 Å². The van der Waals surface area contributed by atoms with E-state index in [1.54, 1.807) is 0 Å². The summed E-state index contributed by atoms with van der Waals surface area (Å²) in [6.07, 6.45) is 5.44. The van der Waals surface area contributed by atoms with Crippen molar-refractivity contribution in [1.82, 2.24) is 5.32 Å². The first-order chi connectivity index (χ1) is 10.1. The summed E-state index contributed by atoms with van der Waals surface area (Å²) in [7, 11) is 1.82. The fourth-order valence-corrected chi connectivity index (χ4v) is 3.02. The van der Waals surface area contributed by atoms with Gasteiger partial charge in [0.15, 0.2) is 0 Å². The second kappa shape index (κ2) is 7.81. The predicted octanol–water partition coefficient (Wildman–Crippen LogP) is 4.08. The number of benzene rings is 1. The molecule has 3 heteroatoms. The first kappa shape index (κ1) is 16.3. The maximum absolute atomic E-state index is 5.69. The van der Waals surface area contributed by atoms with Gasteiger partial charge in [0.25, 0.3) is 0 Å². The van der Waals surface area contributed by atoms with Crippen molar-refractivity contribution in [1.29, 1.82) is 0 Å². The lowest BCUT2D eigenvalue weighted by atomic mass is 9.92. The Balaban J connectivity index is 1.84. The van der Waals surface area contributed by atoms with Crippen LogP contribution in [0.2, 0.25) is 0 Å². The van der Waals surface area contributed by atoms with Gasteiger partial charge in [-0.1, -0.05) is 12.1 Å².